The molecule has 7 aromatic heterocycles. The summed E-state index contributed by atoms with van der Waals surface area (Å²) >= 11 is 0. The normalized spacial score (nSPS) is 12.3. The molecule has 0 amide bonds. The van der Waals surface area contributed by atoms with Gasteiger partial charge in [0.05, 0.1) is 49.3 Å². The first-order valence-corrected chi connectivity index (χ1v) is 28.2. The molecular formula is C75H42N6O3. The summed E-state index contributed by atoms with van der Waals surface area (Å²) in [7, 11) is 0. The van der Waals surface area contributed by atoms with E-state index in [-0.39, 0.29) is 0 Å². The number of nitrogens with zero attached hydrogens (tertiary/aromatic N) is 6. The van der Waals surface area contributed by atoms with Crippen LogP contribution in [0.1, 0.15) is 0 Å². The summed E-state index contributed by atoms with van der Waals surface area (Å²) in [4.78, 5) is 16.3. The van der Waals surface area contributed by atoms with Crippen LogP contribution in [-0.4, -0.2) is 28.7 Å². The van der Waals surface area contributed by atoms with Crippen LogP contribution in [-0.2, 0) is 0 Å². The van der Waals surface area contributed by atoms with Crippen LogP contribution < -0.4 is 0 Å². The molecule has 390 valence electrons. The third kappa shape index (κ3) is 6.34. The molecular weight excluding hydrogens is 1030 g/mol. The average molecular weight is 1080 g/mol. The predicted octanol–water partition coefficient (Wildman–Crippen LogP) is 19.9. The summed E-state index contributed by atoms with van der Waals surface area (Å²) in [5, 5.41) is 13.1. The van der Waals surface area contributed by atoms with Crippen molar-refractivity contribution in [3.63, 3.8) is 0 Å². The minimum Gasteiger partial charge on any atom is -0.455 e. The second kappa shape index (κ2) is 17.0. The smallest absolute Gasteiger partial charge is 0.164 e. The van der Waals surface area contributed by atoms with E-state index in [1.807, 2.05) is 36.4 Å². The molecule has 0 aliphatic carbocycles. The van der Waals surface area contributed by atoms with E-state index in [0.717, 1.165) is 165 Å². The maximum Gasteiger partial charge on any atom is 0.164 e. The predicted molar refractivity (Wildman–Crippen MR) is 341 cm³/mol. The summed E-state index contributed by atoms with van der Waals surface area (Å²) in [5.74, 6) is 1.63. The van der Waals surface area contributed by atoms with Crippen LogP contribution >= 0.6 is 0 Å². The van der Waals surface area contributed by atoms with E-state index in [9.17, 15) is 0 Å². The van der Waals surface area contributed by atoms with Crippen molar-refractivity contribution in [1.82, 2.24) is 28.7 Å². The Morgan fingerprint density at radius 2 is 0.512 bits per heavy atom. The van der Waals surface area contributed by atoms with Gasteiger partial charge in [-0.2, -0.15) is 0 Å². The number of aromatic nitrogens is 6. The summed E-state index contributed by atoms with van der Waals surface area (Å²) in [6.45, 7) is 0. The van der Waals surface area contributed by atoms with Gasteiger partial charge in [0.25, 0.3) is 0 Å². The molecule has 0 spiro atoms. The van der Waals surface area contributed by atoms with E-state index in [1.165, 1.54) is 0 Å². The summed E-state index contributed by atoms with van der Waals surface area (Å²) in [6.07, 6.45) is 0. The van der Waals surface area contributed by atoms with E-state index < -0.39 is 0 Å². The van der Waals surface area contributed by atoms with Crippen LogP contribution in [0.25, 0.3) is 182 Å². The average Bonchev–Trinajstić information content (AvgIpc) is 4.48. The minimum atomic E-state index is 0.543. The highest BCUT2D eigenvalue weighted by Crippen LogP contribution is 2.45. The lowest BCUT2D eigenvalue weighted by atomic mass is 10.1. The Morgan fingerprint density at radius 3 is 0.833 bits per heavy atom. The van der Waals surface area contributed by atoms with Crippen molar-refractivity contribution in [1.29, 1.82) is 0 Å². The molecule has 9 heteroatoms. The standard InChI is InChI=1S/C75H42N6O3/c1-7-28-58-55(25-1)67-61(37-34-52-49-22-4-10-31-64(49)82-70(52)67)79(58)46-19-13-16-43(40-46)73-76-74(44-17-14-20-47(41-44)80-59-29-8-2-26-56(59)68-62(80)38-35-53-50-23-5-11-32-65(50)83-71(53)68)78-75(77-73)45-18-15-21-48(42-45)81-60-30-9-3-27-57(60)69-63(81)39-36-54-51-24-6-12-33-66(51)84-72(54)69/h1-42H. The van der Waals surface area contributed by atoms with Crippen LogP contribution in [0.2, 0.25) is 0 Å². The SMILES string of the molecule is c1cc(-c2nc(-c3cccc(-n4c5ccccc5c5c6oc7ccccc7c6ccc54)c3)nc(-c3cccc(-n4c5ccccc5c5c6oc7ccccc7c6ccc54)c3)n2)cc(-n2c3ccccc3c3c4oc5ccccc5c4ccc32)c1. The number of para-hydroxylation sites is 6. The Labute approximate surface area is 476 Å². The van der Waals surface area contributed by atoms with Gasteiger partial charge < -0.3 is 27.0 Å². The highest BCUT2D eigenvalue weighted by Gasteiger charge is 2.24. The summed E-state index contributed by atoms with van der Waals surface area (Å²) in [5.41, 5.74) is 17.0. The third-order valence-corrected chi connectivity index (χ3v) is 17.3. The van der Waals surface area contributed by atoms with Crippen molar-refractivity contribution in [3.8, 4) is 51.2 Å². The summed E-state index contributed by atoms with van der Waals surface area (Å²) in [6, 6.07) is 89.4. The van der Waals surface area contributed by atoms with Gasteiger partial charge in [-0.15, -0.1) is 0 Å². The molecule has 12 aromatic carbocycles. The van der Waals surface area contributed by atoms with Gasteiger partial charge in [-0.1, -0.05) is 146 Å². The van der Waals surface area contributed by atoms with Gasteiger partial charge in [-0.3, -0.25) is 0 Å². The van der Waals surface area contributed by atoms with Crippen LogP contribution in [0.5, 0.6) is 0 Å². The second-order valence-corrected chi connectivity index (χ2v) is 21.8. The topological polar surface area (TPSA) is 92.9 Å². The monoisotopic (exact) mass is 1070 g/mol. The van der Waals surface area contributed by atoms with Gasteiger partial charge in [-0.05, 0) is 109 Å². The highest BCUT2D eigenvalue weighted by molar-refractivity contribution is 6.26. The Morgan fingerprint density at radius 1 is 0.226 bits per heavy atom. The number of furan rings is 3. The largest absolute Gasteiger partial charge is 0.455 e. The highest BCUT2D eigenvalue weighted by atomic mass is 16.3. The van der Waals surface area contributed by atoms with E-state index in [1.54, 1.807) is 0 Å². The molecule has 9 nitrogen and oxygen atoms in total. The molecule has 0 N–H and O–H groups in total. The number of rotatable bonds is 6. The molecule has 0 unspecified atom stereocenters. The maximum atomic E-state index is 6.68. The number of hydrogen-bond donors (Lipinski definition) is 0. The first-order valence-electron chi connectivity index (χ1n) is 28.2. The first-order chi connectivity index (χ1) is 41.6. The molecule has 0 saturated heterocycles. The molecule has 0 saturated carbocycles. The quantitative estimate of drug-likeness (QED) is 0.165. The molecule has 7 heterocycles. The van der Waals surface area contributed by atoms with Crippen molar-refractivity contribution in [2.75, 3.05) is 0 Å². The molecule has 0 radical (unpaired) electrons. The van der Waals surface area contributed by atoms with Gasteiger partial charge in [-0.25, -0.2) is 15.0 Å². The number of fused-ring (bicyclic) bond motifs is 21. The first kappa shape index (κ1) is 45.2. The van der Waals surface area contributed by atoms with Crippen molar-refractivity contribution >= 4 is 131 Å². The van der Waals surface area contributed by atoms with Crippen molar-refractivity contribution in [2.45, 2.75) is 0 Å². The lowest BCUT2D eigenvalue weighted by Gasteiger charge is -2.13. The molecule has 19 aromatic rings. The van der Waals surface area contributed by atoms with Gasteiger partial charge in [0.2, 0.25) is 0 Å². The minimum absolute atomic E-state index is 0.543. The van der Waals surface area contributed by atoms with Crippen LogP contribution in [0.3, 0.4) is 0 Å². The Hall–Kier alpha value is -11.6. The molecule has 0 atom stereocenters. The van der Waals surface area contributed by atoms with Gasteiger partial charge >= 0.3 is 0 Å². The molecule has 0 fully saturated rings. The maximum absolute atomic E-state index is 6.68. The lowest BCUT2D eigenvalue weighted by Crippen LogP contribution is -2.02. The van der Waals surface area contributed by atoms with E-state index >= 15 is 0 Å². The van der Waals surface area contributed by atoms with Crippen molar-refractivity contribution < 1.29 is 13.3 Å². The lowest BCUT2D eigenvalue weighted by molar-refractivity contribution is 0.672. The number of benzene rings is 12. The molecule has 0 aliphatic heterocycles. The fourth-order valence-corrected chi connectivity index (χ4v) is 13.7. The molecule has 19 rings (SSSR count). The van der Waals surface area contributed by atoms with E-state index in [4.69, 9.17) is 28.2 Å². The second-order valence-electron chi connectivity index (χ2n) is 21.8. The number of hydrogen-bond acceptors (Lipinski definition) is 6. The van der Waals surface area contributed by atoms with Crippen LogP contribution in [0.15, 0.2) is 268 Å². The zero-order valence-corrected chi connectivity index (χ0v) is 44.7. The van der Waals surface area contributed by atoms with E-state index in [2.05, 4.69) is 232 Å². The Bertz CT molecular complexity index is 5430. The zero-order chi connectivity index (χ0) is 54.7. The van der Waals surface area contributed by atoms with Crippen molar-refractivity contribution in [3.05, 3.63) is 255 Å². The molecule has 0 bridgehead atoms. The van der Waals surface area contributed by atoms with Gasteiger partial charge in [0, 0.05) is 82.2 Å². The van der Waals surface area contributed by atoms with Crippen LogP contribution in [0.4, 0.5) is 0 Å². The van der Waals surface area contributed by atoms with Crippen LogP contribution in [0, 0.1) is 0 Å². The third-order valence-electron chi connectivity index (χ3n) is 17.3. The fraction of sp³-hybridized carbons (Fsp3) is 0. The van der Waals surface area contributed by atoms with Gasteiger partial charge in [0.1, 0.15) is 33.5 Å². The zero-order valence-electron chi connectivity index (χ0n) is 44.7. The van der Waals surface area contributed by atoms with E-state index in [0.29, 0.717) is 17.5 Å². The fourth-order valence-electron chi connectivity index (χ4n) is 13.7. The Kier molecular flexibility index (Phi) is 9.15. The molecule has 84 heavy (non-hydrogen) atoms. The Balaban J connectivity index is 0.814. The van der Waals surface area contributed by atoms with Crippen molar-refractivity contribution in [2.24, 2.45) is 0 Å². The van der Waals surface area contributed by atoms with Gasteiger partial charge in [0.15, 0.2) is 17.5 Å². The summed E-state index contributed by atoms with van der Waals surface area (Å²) < 4.78 is 27.0. The molecule has 0 aliphatic rings.